The highest BCUT2D eigenvalue weighted by Crippen LogP contribution is 2.16. The summed E-state index contributed by atoms with van der Waals surface area (Å²) in [7, 11) is -1.96. The summed E-state index contributed by atoms with van der Waals surface area (Å²) in [6.07, 6.45) is 3.35. The Labute approximate surface area is 114 Å². The lowest BCUT2D eigenvalue weighted by molar-refractivity contribution is 0.282. The first-order valence-electron chi connectivity index (χ1n) is 6.35. The molecule has 0 spiro atoms. The molecule has 0 saturated heterocycles. The fourth-order valence-electron chi connectivity index (χ4n) is 1.65. The Hall–Kier alpha value is -1.11. The summed E-state index contributed by atoms with van der Waals surface area (Å²) < 4.78 is 31.5. The Morgan fingerprint density at radius 2 is 1.95 bits per heavy atom. The van der Waals surface area contributed by atoms with Crippen molar-refractivity contribution in [1.29, 1.82) is 0 Å². The highest BCUT2D eigenvalue weighted by atomic mass is 32.2. The fourth-order valence-corrected chi connectivity index (χ4v) is 2.76. The average molecular weight is 287 g/mol. The maximum absolute atomic E-state index is 12.0. The molecule has 0 aromatic heterocycles. The van der Waals surface area contributed by atoms with Gasteiger partial charge in [0.05, 0.1) is 12.0 Å². The number of hydrogen-bond acceptors (Lipinski definition) is 4. The molecule has 0 bridgehead atoms. The van der Waals surface area contributed by atoms with Crippen LogP contribution in [-0.2, 0) is 10.0 Å². The summed E-state index contributed by atoms with van der Waals surface area (Å²) in [5, 5.41) is 8.63. The van der Waals surface area contributed by atoms with Gasteiger partial charge in [-0.3, -0.25) is 0 Å². The first kappa shape index (κ1) is 15.9. The predicted molar refractivity (Wildman–Crippen MR) is 73.7 cm³/mol. The van der Waals surface area contributed by atoms with Gasteiger partial charge in [0, 0.05) is 19.2 Å². The lowest BCUT2D eigenvalue weighted by Gasteiger charge is -2.08. The van der Waals surface area contributed by atoms with Crippen molar-refractivity contribution in [3.8, 4) is 5.75 Å². The molecule has 2 N–H and O–H groups in total. The molecule has 1 aromatic carbocycles. The van der Waals surface area contributed by atoms with Crippen LogP contribution in [0.2, 0.25) is 0 Å². The van der Waals surface area contributed by atoms with Gasteiger partial charge in [0.1, 0.15) is 5.75 Å². The lowest BCUT2D eigenvalue weighted by atomic mass is 10.2. The number of sulfonamides is 1. The Kier molecular flexibility index (Phi) is 6.83. The zero-order valence-electron chi connectivity index (χ0n) is 11.1. The Balaban J connectivity index is 2.46. The smallest absolute Gasteiger partial charge is 0.240 e. The van der Waals surface area contributed by atoms with E-state index < -0.39 is 10.0 Å². The summed E-state index contributed by atoms with van der Waals surface area (Å²) in [5.74, 6) is 0.519. The number of unbranched alkanes of at least 4 members (excludes halogenated alkanes) is 3. The monoisotopic (exact) mass is 287 g/mol. The zero-order chi connectivity index (χ0) is 14.1. The minimum absolute atomic E-state index is 0.190. The predicted octanol–water partition coefficient (Wildman–Crippen LogP) is 1.53. The molecule has 1 rings (SSSR count). The van der Waals surface area contributed by atoms with Crippen molar-refractivity contribution in [3.63, 3.8) is 0 Å². The quantitative estimate of drug-likeness (QED) is 0.675. The molecule has 0 aliphatic heterocycles. The maximum Gasteiger partial charge on any atom is 0.240 e. The van der Waals surface area contributed by atoms with E-state index in [1.54, 1.807) is 12.1 Å². The number of rotatable bonds is 9. The number of hydrogen-bond donors (Lipinski definition) is 2. The van der Waals surface area contributed by atoms with Gasteiger partial charge >= 0.3 is 0 Å². The van der Waals surface area contributed by atoms with Crippen LogP contribution in [0.1, 0.15) is 25.7 Å². The van der Waals surface area contributed by atoms with Gasteiger partial charge < -0.3 is 9.84 Å². The van der Waals surface area contributed by atoms with Crippen LogP contribution in [0, 0.1) is 0 Å². The second kappa shape index (κ2) is 8.14. The van der Waals surface area contributed by atoms with Crippen LogP contribution in [0.25, 0.3) is 0 Å². The summed E-state index contributed by atoms with van der Waals surface area (Å²) in [4.78, 5) is 0.210. The molecule has 0 unspecified atom stereocenters. The molecule has 5 nitrogen and oxygen atoms in total. The van der Waals surface area contributed by atoms with E-state index in [1.165, 1.54) is 19.2 Å². The molecular formula is C13H21NO4S. The summed E-state index contributed by atoms with van der Waals surface area (Å²) in [6, 6.07) is 6.38. The molecular weight excluding hydrogens is 266 g/mol. The van der Waals surface area contributed by atoms with Crippen molar-refractivity contribution in [2.75, 3.05) is 20.3 Å². The number of aliphatic hydroxyl groups is 1. The number of ether oxygens (including phenoxy) is 1. The van der Waals surface area contributed by atoms with Crippen molar-refractivity contribution >= 4 is 10.0 Å². The second-order valence-electron chi connectivity index (χ2n) is 4.21. The molecule has 0 aliphatic carbocycles. The Morgan fingerprint density at radius 3 is 2.63 bits per heavy atom. The number of benzene rings is 1. The van der Waals surface area contributed by atoms with Crippen molar-refractivity contribution < 1.29 is 18.3 Å². The van der Waals surface area contributed by atoms with Gasteiger partial charge in [0.2, 0.25) is 10.0 Å². The Bertz CT molecular complexity index is 473. The first-order valence-corrected chi connectivity index (χ1v) is 7.83. The molecule has 0 atom stereocenters. The van der Waals surface area contributed by atoms with E-state index in [0.29, 0.717) is 12.3 Å². The molecule has 19 heavy (non-hydrogen) atoms. The van der Waals surface area contributed by atoms with E-state index in [-0.39, 0.29) is 11.5 Å². The average Bonchev–Trinajstić information content (AvgIpc) is 2.43. The normalized spacial score (nSPS) is 11.5. The second-order valence-corrected chi connectivity index (χ2v) is 5.98. The summed E-state index contributed by atoms with van der Waals surface area (Å²) in [6.45, 7) is 0.598. The van der Waals surface area contributed by atoms with Gasteiger partial charge in [0.15, 0.2) is 0 Å². The third-order valence-electron chi connectivity index (χ3n) is 2.73. The van der Waals surface area contributed by atoms with E-state index in [4.69, 9.17) is 9.84 Å². The van der Waals surface area contributed by atoms with Gasteiger partial charge in [-0.2, -0.15) is 0 Å². The van der Waals surface area contributed by atoms with Gasteiger partial charge in [-0.25, -0.2) is 13.1 Å². The largest absolute Gasteiger partial charge is 0.497 e. The third-order valence-corrected chi connectivity index (χ3v) is 4.19. The standard InChI is InChI=1S/C13H21NO4S/c1-18-12-7-6-8-13(11-12)19(16,17)14-9-4-2-3-5-10-15/h6-8,11,14-15H,2-5,9-10H2,1H3. The molecule has 0 amide bonds. The van der Waals surface area contributed by atoms with E-state index in [9.17, 15) is 8.42 Å². The van der Waals surface area contributed by atoms with Crippen LogP contribution >= 0.6 is 0 Å². The van der Waals surface area contributed by atoms with E-state index in [2.05, 4.69) is 4.72 Å². The number of nitrogens with one attached hydrogen (secondary N) is 1. The van der Waals surface area contributed by atoms with Crippen molar-refractivity contribution in [2.24, 2.45) is 0 Å². The van der Waals surface area contributed by atoms with Gasteiger partial charge in [-0.1, -0.05) is 18.9 Å². The number of methoxy groups -OCH3 is 1. The molecule has 108 valence electrons. The van der Waals surface area contributed by atoms with Crippen molar-refractivity contribution in [1.82, 2.24) is 4.72 Å². The molecule has 0 saturated carbocycles. The Morgan fingerprint density at radius 1 is 1.21 bits per heavy atom. The third kappa shape index (κ3) is 5.59. The van der Waals surface area contributed by atoms with Crippen LogP contribution in [0.3, 0.4) is 0 Å². The minimum Gasteiger partial charge on any atom is -0.497 e. The maximum atomic E-state index is 12.0. The molecule has 0 radical (unpaired) electrons. The highest BCUT2D eigenvalue weighted by Gasteiger charge is 2.13. The SMILES string of the molecule is COc1cccc(S(=O)(=O)NCCCCCCO)c1. The molecule has 1 aromatic rings. The molecule has 0 aliphatic rings. The van der Waals surface area contributed by atoms with Gasteiger partial charge in [-0.15, -0.1) is 0 Å². The molecule has 6 heteroatoms. The molecule has 0 heterocycles. The fraction of sp³-hybridized carbons (Fsp3) is 0.538. The van der Waals surface area contributed by atoms with E-state index in [0.717, 1.165) is 25.7 Å². The van der Waals surface area contributed by atoms with Crippen LogP contribution < -0.4 is 9.46 Å². The van der Waals surface area contributed by atoms with Crippen LogP contribution in [0.15, 0.2) is 29.2 Å². The van der Waals surface area contributed by atoms with Crippen LogP contribution in [-0.4, -0.2) is 33.8 Å². The number of aliphatic hydroxyl groups excluding tert-OH is 1. The minimum atomic E-state index is -3.47. The molecule has 0 fully saturated rings. The van der Waals surface area contributed by atoms with Crippen LogP contribution in [0.4, 0.5) is 0 Å². The van der Waals surface area contributed by atoms with Crippen molar-refractivity contribution in [2.45, 2.75) is 30.6 Å². The van der Waals surface area contributed by atoms with E-state index >= 15 is 0 Å². The zero-order valence-corrected chi connectivity index (χ0v) is 11.9. The van der Waals surface area contributed by atoms with Crippen molar-refractivity contribution in [3.05, 3.63) is 24.3 Å². The topological polar surface area (TPSA) is 75.6 Å². The summed E-state index contributed by atoms with van der Waals surface area (Å²) in [5.41, 5.74) is 0. The van der Waals surface area contributed by atoms with Gasteiger partial charge in [-0.05, 0) is 25.0 Å². The summed E-state index contributed by atoms with van der Waals surface area (Å²) >= 11 is 0. The van der Waals surface area contributed by atoms with E-state index in [1.807, 2.05) is 0 Å². The first-order chi connectivity index (χ1) is 9.10. The highest BCUT2D eigenvalue weighted by molar-refractivity contribution is 7.89. The lowest BCUT2D eigenvalue weighted by Crippen LogP contribution is -2.24. The van der Waals surface area contributed by atoms with Gasteiger partial charge in [0.25, 0.3) is 0 Å². The van der Waals surface area contributed by atoms with Crippen LogP contribution in [0.5, 0.6) is 5.75 Å².